The van der Waals surface area contributed by atoms with Crippen LogP contribution >= 0.6 is 11.6 Å². The molecule has 1 unspecified atom stereocenters. The van der Waals surface area contributed by atoms with Crippen molar-refractivity contribution < 1.29 is 10.0 Å². The topological polar surface area (TPSA) is 99.7 Å². The number of amidine groups is 1. The number of aryl methyl sites for hydroxylation is 1. The van der Waals surface area contributed by atoms with Crippen LogP contribution in [0.4, 0.5) is 10.5 Å². The molecule has 1 aromatic carbocycles. The van der Waals surface area contributed by atoms with E-state index in [0.717, 1.165) is 5.56 Å². The summed E-state index contributed by atoms with van der Waals surface area (Å²) in [5.41, 5.74) is 6.95. The molecule has 1 rings (SSSR count). The Morgan fingerprint density at radius 2 is 2.26 bits per heavy atom. The molecule has 5 N–H and O–H groups in total. The Bertz CT molecular complexity index is 491. The summed E-state index contributed by atoms with van der Waals surface area (Å²) in [6.07, 6.45) is 0.512. The second-order valence-electron chi connectivity index (χ2n) is 4.05. The van der Waals surface area contributed by atoms with Gasteiger partial charge in [-0.1, -0.05) is 29.7 Å². The maximum atomic E-state index is 11.7. The molecule has 0 bridgehead atoms. The molecule has 0 saturated carbocycles. The quantitative estimate of drug-likeness (QED) is 0.295. The van der Waals surface area contributed by atoms with Crippen LogP contribution in [0, 0.1) is 6.92 Å². The zero-order chi connectivity index (χ0) is 14.4. The third kappa shape index (κ3) is 4.33. The first-order chi connectivity index (χ1) is 8.97. The Labute approximate surface area is 116 Å². The van der Waals surface area contributed by atoms with E-state index in [4.69, 9.17) is 22.5 Å². The maximum absolute atomic E-state index is 11.7. The molecule has 2 amide bonds. The molecule has 7 heteroatoms. The van der Waals surface area contributed by atoms with E-state index < -0.39 is 12.1 Å². The fourth-order valence-electron chi connectivity index (χ4n) is 1.45. The normalized spacial score (nSPS) is 12.9. The Balaban J connectivity index is 2.66. The van der Waals surface area contributed by atoms with Crippen LogP contribution in [-0.4, -0.2) is 23.1 Å². The third-order valence-corrected chi connectivity index (χ3v) is 3.02. The van der Waals surface area contributed by atoms with Crippen molar-refractivity contribution in [1.29, 1.82) is 0 Å². The molecule has 0 aromatic heterocycles. The minimum atomic E-state index is -0.522. The van der Waals surface area contributed by atoms with Crippen molar-refractivity contribution in [2.24, 2.45) is 10.9 Å². The number of hydrogen-bond acceptors (Lipinski definition) is 3. The van der Waals surface area contributed by atoms with E-state index in [-0.39, 0.29) is 5.84 Å². The highest BCUT2D eigenvalue weighted by Gasteiger charge is 2.14. The lowest BCUT2D eigenvalue weighted by Crippen LogP contribution is -2.45. The first-order valence-electron chi connectivity index (χ1n) is 5.79. The number of rotatable bonds is 4. The molecule has 0 aliphatic carbocycles. The third-order valence-electron chi connectivity index (χ3n) is 2.62. The van der Waals surface area contributed by atoms with Gasteiger partial charge in [-0.15, -0.1) is 0 Å². The smallest absolute Gasteiger partial charge is 0.319 e. The van der Waals surface area contributed by atoms with Crippen molar-refractivity contribution in [3.63, 3.8) is 0 Å². The van der Waals surface area contributed by atoms with Gasteiger partial charge in [-0.25, -0.2) is 4.79 Å². The van der Waals surface area contributed by atoms with Crippen molar-refractivity contribution in [2.75, 3.05) is 5.32 Å². The van der Waals surface area contributed by atoms with Gasteiger partial charge in [-0.3, -0.25) is 0 Å². The molecule has 0 aliphatic rings. The lowest BCUT2D eigenvalue weighted by Gasteiger charge is -2.16. The van der Waals surface area contributed by atoms with Crippen molar-refractivity contribution in [1.82, 2.24) is 5.32 Å². The molecule has 0 heterocycles. The molecule has 0 fully saturated rings. The van der Waals surface area contributed by atoms with Crippen LogP contribution in [0.25, 0.3) is 0 Å². The Morgan fingerprint density at radius 3 is 2.79 bits per heavy atom. The van der Waals surface area contributed by atoms with Crippen LogP contribution in [0.2, 0.25) is 5.02 Å². The van der Waals surface area contributed by atoms with E-state index >= 15 is 0 Å². The SMILES string of the molecule is CCC(NC(=O)Nc1ccc(C)c(Cl)c1)/C(N)=N/O. The minimum Gasteiger partial charge on any atom is -0.409 e. The van der Waals surface area contributed by atoms with Crippen LogP contribution in [0.3, 0.4) is 0 Å². The summed E-state index contributed by atoms with van der Waals surface area (Å²) in [5, 5.41) is 17.2. The number of benzene rings is 1. The van der Waals surface area contributed by atoms with Gasteiger partial charge in [-0.05, 0) is 31.0 Å². The van der Waals surface area contributed by atoms with Crippen molar-refractivity contribution in [3.05, 3.63) is 28.8 Å². The monoisotopic (exact) mass is 284 g/mol. The molecule has 0 saturated heterocycles. The van der Waals surface area contributed by atoms with Crippen LogP contribution < -0.4 is 16.4 Å². The first-order valence-corrected chi connectivity index (χ1v) is 6.16. The number of anilines is 1. The van der Waals surface area contributed by atoms with Gasteiger partial charge < -0.3 is 21.6 Å². The number of carbonyl (C=O) groups is 1. The summed E-state index contributed by atoms with van der Waals surface area (Å²) in [6.45, 7) is 3.68. The fraction of sp³-hybridized carbons (Fsp3) is 0.333. The maximum Gasteiger partial charge on any atom is 0.319 e. The number of halogens is 1. The second kappa shape index (κ2) is 6.84. The van der Waals surface area contributed by atoms with Crippen LogP contribution in [0.15, 0.2) is 23.4 Å². The fourth-order valence-corrected chi connectivity index (χ4v) is 1.63. The molecule has 104 valence electrons. The number of nitrogens with one attached hydrogen (secondary N) is 2. The average Bonchev–Trinajstić information content (AvgIpc) is 2.39. The number of urea groups is 1. The number of amides is 2. The van der Waals surface area contributed by atoms with E-state index in [1.807, 2.05) is 13.8 Å². The van der Waals surface area contributed by atoms with Crippen molar-refractivity contribution in [3.8, 4) is 0 Å². The highest BCUT2D eigenvalue weighted by molar-refractivity contribution is 6.31. The van der Waals surface area contributed by atoms with Gasteiger partial charge in [0.2, 0.25) is 0 Å². The first kappa shape index (κ1) is 15.1. The predicted molar refractivity (Wildman–Crippen MR) is 75.8 cm³/mol. The van der Waals surface area contributed by atoms with E-state index in [1.165, 1.54) is 0 Å². The molecule has 0 radical (unpaired) electrons. The molecule has 6 nitrogen and oxygen atoms in total. The molecule has 0 aliphatic heterocycles. The van der Waals surface area contributed by atoms with Gasteiger partial charge in [0.25, 0.3) is 0 Å². The van der Waals surface area contributed by atoms with Gasteiger partial charge in [0.1, 0.15) is 0 Å². The largest absolute Gasteiger partial charge is 0.409 e. The van der Waals surface area contributed by atoms with Gasteiger partial charge >= 0.3 is 6.03 Å². The molecular formula is C12H17ClN4O2. The summed E-state index contributed by atoms with van der Waals surface area (Å²) >= 11 is 5.96. The Kier molecular flexibility index (Phi) is 5.44. The lowest BCUT2D eigenvalue weighted by atomic mass is 10.2. The molecule has 19 heavy (non-hydrogen) atoms. The van der Waals surface area contributed by atoms with Crippen molar-refractivity contribution in [2.45, 2.75) is 26.3 Å². The molecular weight excluding hydrogens is 268 g/mol. The van der Waals surface area contributed by atoms with E-state index in [9.17, 15) is 4.79 Å². The minimum absolute atomic E-state index is 0.0420. The summed E-state index contributed by atoms with van der Waals surface area (Å²) in [6, 6.07) is 4.23. The number of nitrogens with two attached hydrogens (primary N) is 1. The van der Waals surface area contributed by atoms with E-state index in [1.54, 1.807) is 18.2 Å². The number of hydrogen-bond donors (Lipinski definition) is 4. The van der Waals surface area contributed by atoms with Gasteiger partial charge in [0, 0.05) is 10.7 Å². The Hall–Kier alpha value is -1.95. The predicted octanol–water partition coefficient (Wildman–Crippen LogP) is 2.29. The standard InChI is InChI=1S/C12H17ClN4O2/c1-3-10(11(14)17-19)16-12(18)15-8-5-4-7(2)9(13)6-8/h4-6,10,19H,3H2,1-2H3,(H2,14,17)(H2,15,16,18). The summed E-state index contributed by atoms with van der Waals surface area (Å²) < 4.78 is 0. The average molecular weight is 285 g/mol. The number of oxime groups is 1. The van der Waals surface area contributed by atoms with E-state index in [2.05, 4.69) is 15.8 Å². The Morgan fingerprint density at radius 1 is 1.58 bits per heavy atom. The van der Waals surface area contributed by atoms with Crippen LogP contribution in [0.1, 0.15) is 18.9 Å². The van der Waals surface area contributed by atoms with Crippen LogP contribution in [-0.2, 0) is 0 Å². The molecule has 1 aromatic rings. The summed E-state index contributed by atoms with van der Waals surface area (Å²) in [4.78, 5) is 11.7. The van der Waals surface area contributed by atoms with Gasteiger partial charge in [0.15, 0.2) is 5.84 Å². The van der Waals surface area contributed by atoms with E-state index in [0.29, 0.717) is 17.1 Å². The van der Waals surface area contributed by atoms with Crippen molar-refractivity contribution >= 4 is 29.2 Å². The molecule has 1 atom stereocenters. The zero-order valence-corrected chi connectivity index (χ0v) is 11.5. The number of nitrogens with zero attached hydrogens (tertiary/aromatic N) is 1. The van der Waals surface area contributed by atoms with Gasteiger partial charge in [-0.2, -0.15) is 0 Å². The summed E-state index contributed by atoms with van der Waals surface area (Å²) in [7, 11) is 0. The highest BCUT2D eigenvalue weighted by Crippen LogP contribution is 2.19. The summed E-state index contributed by atoms with van der Waals surface area (Å²) in [5.74, 6) is -0.0420. The number of carbonyl (C=O) groups excluding carboxylic acids is 1. The van der Waals surface area contributed by atoms with Gasteiger partial charge in [0.05, 0.1) is 6.04 Å². The molecule has 0 spiro atoms. The second-order valence-corrected chi connectivity index (χ2v) is 4.46. The highest BCUT2D eigenvalue weighted by atomic mass is 35.5. The zero-order valence-electron chi connectivity index (χ0n) is 10.8. The van der Waals surface area contributed by atoms with Crippen LogP contribution in [0.5, 0.6) is 0 Å². The lowest BCUT2D eigenvalue weighted by molar-refractivity contribution is 0.250.